The number of thiazole rings is 1. The molecule has 1 heterocycles. The van der Waals surface area contributed by atoms with Crippen LogP contribution in [0, 0.1) is 13.8 Å². The summed E-state index contributed by atoms with van der Waals surface area (Å²) >= 11 is 1.82. The summed E-state index contributed by atoms with van der Waals surface area (Å²) < 4.78 is 1.28. The molecule has 3 rings (SSSR count). The fraction of sp³-hybridized carbons (Fsp3) is 0.316. The molecule has 0 bridgehead atoms. The van der Waals surface area contributed by atoms with Gasteiger partial charge in [0.25, 0.3) is 0 Å². The van der Waals surface area contributed by atoms with E-state index in [9.17, 15) is 0 Å². The second-order valence-corrected chi connectivity index (χ2v) is 7.26. The zero-order valence-corrected chi connectivity index (χ0v) is 14.5. The Kier molecular flexibility index (Phi) is 4.27. The summed E-state index contributed by atoms with van der Waals surface area (Å²) in [5, 5.41) is 1.23. The van der Waals surface area contributed by atoms with E-state index in [1.807, 2.05) is 11.3 Å². The molecular weight excluding hydrogens is 288 g/mol. The Morgan fingerprint density at radius 3 is 2.68 bits per heavy atom. The summed E-state index contributed by atoms with van der Waals surface area (Å²) in [4.78, 5) is 6.29. The molecule has 1 unspecified atom stereocenters. The lowest BCUT2D eigenvalue weighted by Crippen LogP contribution is -3.07. The fourth-order valence-corrected chi connectivity index (χ4v) is 3.84. The van der Waals surface area contributed by atoms with Gasteiger partial charge in [-0.25, -0.2) is 4.98 Å². The van der Waals surface area contributed by atoms with E-state index in [1.165, 1.54) is 31.3 Å². The highest BCUT2D eigenvalue weighted by molar-refractivity contribution is 7.18. The summed E-state index contributed by atoms with van der Waals surface area (Å²) in [6, 6.07) is 15.5. The van der Waals surface area contributed by atoms with E-state index in [0.717, 1.165) is 12.1 Å². The van der Waals surface area contributed by atoms with Crippen LogP contribution in [0.25, 0.3) is 10.2 Å². The molecule has 1 N–H and O–H groups in total. The number of hydrogen-bond donors (Lipinski definition) is 1. The number of fused-ring (bicyclic) bond motifs is 1. The molecular formula is C19H23N2S+. The van der Waals surface area contributed by atoms with E-state index in [1.54, 1.807) is 0 Å². The van der Waals surface area contributed by atoms with Gasteiger partial charge in [0, 0.05) is 5.56 Å². The highest BCUT2D eigenvalue weighted by atomic mass is 32.1. The first kappa shape index (κ1) is 15.2. The van der Waals surface area contributed by atoms with Crippen LogP contribution in [0.3, 0.4) is 0 Å². The Morgan fingerprint density at radius 1 is 1.14 bits per heavy atom. The van der Waals surface area contributed by atoms with E-state index < -0.39 is 0 Å². The largest absolute Gasteiger partial charge is 0.326 e. The molecule has 1 aromatic heterocycles. The van der Waals surface area contributed by atoms with Gasteiger partial charge in [-0.3, -0.25) is 0 Å². The van der Waals surface area contributed by atoms with E-state index in [0.29, 0.717) is 6.04 Å². The van der Waals surface area contributed by atoms with E-state index in [2.05, 4.69) is 70.3 Å². The van der Waals surface area contributed by atoms with Gasteiger partial charge in [-0.15, -0.1) is 11.3 Å². The maximum absolute atomic E-state index is 4.81. The third kappa shape index (κ3) is 3.06. The predicted octanol–water partition coefficient (Wildman–Crippen LogP) is 3.69. The molecule has 0 saturated carbocycles. The van der Waals surface area contributed by atoms with Crippen LogP contribution < -0.4 is 4.90 Å². The average Bonchev–Trinajstić information content (AvgIpc) is 2.94. The molecule has 2 aromatic carbocycles. The number of aromatic nitrogens is 1. The van der Waals surface area contributed by atoms with Gasteiger partial charge in [0.1, 0.15) is 12.6 Å². The minimum atomic E-state index is 0.400. The van der Waals surface area contributed by atoms with Crippen molar-refractivity contribution in [3.8, 4) is 0 Å². The van der Waals surface area contributed by atoms with E-state index in [-0.39, 0.29) is 0 Å². The van der Waals surface area contributed by atoms with Crippen molar-refractivity contribution >= 4 is 21.6 Å². The van der Waals surface area contributed by atoms with Gasteiger partial charge in [-0.05, 0) is 38.5 Å². The van der Waals surface area contributed by atoms with Crippen LogP contribution in [0.2, 0.25) is 0 Å². The van der Waals surface area contributed by atoms with Crippen LogP contribution in [0.5, 0.6) is 0 Å². The van der Waals surface area contributed by atoms with Crippen LogP contribution in [0.1, 0.15) is 34.7 Å². The first-order valence-corrected chi connectivity index (χ1v) is 8.60. The van der Waals surface area contributed by atoms with Crippen molar-refractivity contribution in [3.63, 3.8) is 0 Å². The van der Waals surface area contributed by atoms with Crippen molar-refractivity contribution in [1.82, 2.24) is 4.98 Å². The predicted molar refractivity (Wildman–Crippen MR) is 94.5 cm³/mol. The number of hydrogen-bond acceptors (Lipinski definition) is 2. The van der Waals surface area contributed by atoms with Crippen molar-refractivity contribution in [2.75, 3.05) is 7.05 Å². The van der Waals surface area contributed by atoms with Crippen LogP contribution in [0.15, 0.2) is 42.5 Å². The second-order valence-electron chi connectivity index (χ2n) is 6.19. The quantitative estimate of drug-likeness (QED) is 0.778. The van der Waals surface area contributed by atoms with E-state index in [4.69, 9.17) is 4.98 Å². The molecule has 0 radical (unpaired) electrons. The van der Waals surface area contributed by atoms with E-state index >= 15 is 0 Å². The fourth-order valence-electron chi connectivity index (χ4n) is 2.73. The molecule has 3 aromatic rings. The van der Waals surface area contributed by atoms with Crippen molar-refractivity contribution in [3.05, 3.63) is 64.2 Å². The number of aryl methyl sites for hydroxylation is 2. The number of rotatable bonds is 4. The Balaban J connectivity index is 1.81. The molecule has 0 spiro atoms. The van der Waals surface area contributed by atoms with Crippen LogP contribution >= 0.6 is 11.3 Å². The maximum Gasteiger partial charge on any atom is 0.151 e. The zero-order chi connectivity index (χ0) is 15.7. The van der Waals surface area contributed by atoms with Crippen molar-refractivity contribution in [2.24, 2.45) is 0 Å². The Labute approximate surface area is 136 Å². The molecule has 0 aliphatic rings. The van der Waals surface area contributed by atoms with Crippen molar-refractivity contribution in [1.29, 1.82) is 0 Å². The standard InChI is InChI=1S/C19H22N2S/c1-13-9-10-14(2)16(11-13)12-21(4)15(3)19-20-17-7-5-6-8-18(17)22-19/h5-11,15H,12H2,1-4H3/p+1/t15-/m0/s1. The minimum Gasteiger partial charge on any atom is -0.326 e. The van der Waals surface area contributed by atoms with Gasteiger partial charge in [0.2, 0.25) is 0 Å². The van der Waals surface area contributed by atoms with Crippen LogP contribution in [0.4, 0.5) is 0 Å². The lowest BCUT2D eigenvalue weighted by atomic mass is 10.0. The monoisotopic (exact) mass is 311 g/mol. The molecule has 0 amide bonds. The molecule has 0 fully saturated rings. The Bertz CT molecular complexity index is 758. The summed E-state index contributed by atoms with van der Waals surface area (Å²) in [7, 11) is 2.26. The summed E-state index contributed by atoms with van der Waals surface area (Å²) in [5.74, 6) is 0. The molecule has 0 aliphatic carbocycles. The summed E-state index contributed by atoms with van der Waals surface area (Å²) in [6.45, 7) is 7.67. The number of para-hydroxylation sites is 1. The Hall–Kier alpha value is -1.71. The van der Waals surface area contributed by atoms with Gasteiger partial charge in [-0.1, -0.05) is 35.9 Å². The third-order valence-corrected chi connectivity index (χ3v) is 5.61. The third-order valence-electron chi connectivity index (χ3n) is 4.39. The van der Waals surface area contributed by atoms with Crippen LogP contribution in [-0.4, -0.2) is 12.0 Å². The number of nitrogens with one attached hydrogen (secondary N) is 1. The topological polar surface area (TPSA) is 17.3 Å². The van der Waals surface area contributed by atoms with Gasteiger partial charge < -0.3 is 4.90 Å². The highest BCUT2D eigenvalue weighted by Gasteiger charge is 2.20. The maximum atomic E-state index is 4.81. The summed E-state index contributed by atoms with van der Waals surface area (Å²) in [6.07, 6.45) is 0. The molecule has 3 heteroatoms. The van der Waals surface area contributed by atoms with Crippen molar-refractivity contribution < 1.29 is 4.90 Å². The van der Waals surface area contributed by atoms with Gasteiger partial charge in [0.15, 0.2) is 5.01 Å². The average molecular weight is 311 g/mol. The molecule has 0 saturated heterocycles. The lowest BCUT2D eigenvalue weighted by molar-refractivity contribution is -0.923. The molecule has 2 nitrogen and oxygen atoms in total. The Morgan fingerprint density at radius 2 is 1.91 bits per heavy atom. The number of benzene rings is 2. The lowest BCUT2D eigenvalue weighted by Gasteiger charge is -2.21. The highest BCUT2D eigenvalue weighted by Crippen LogP contribution is 2.25. The second kappa shape index (κ2) is 6.19. The molecule has 114 valence electrons. The SMILES string of the molecule is Cc1ccc(C)c(C[NH+](C)[C@@H](C)c2nc3ccccc3s2)c1. The zero-order valence-electron chi connectivity index (χ0n) is 13.7. The normalized spacial score (nSPS) is 14.2. The number of quaternary nitrogens is 1. The number of nitrogens with zero attached hydrogens (tertiary/aromatic N) is 1. The smallest absolute Gasteiger partial charge is 0.151 e. The first-order chi connectivity index (χ1) is 10.5. The van der Waals surface area contributed by atoms with Gasteiger partial charge in [-0.2, -0.15) is 0 Å². The first-order valence-electron chi connectivity index (χ1n) is 7.78. The minimum absolute atomic E-state index is 0.400. The summed E-state index contributed by atoms with van der Waals surface area (Å²) in [5.41, 5.74) is 5.27. The molecule has 2 atom stereocenters. The van der Waals surface area contributed by atoms with Gasteiger partial charge >= 0.3 is 0 Å². The molecule has 22 heavy (non-hydrogen) atoms. The van der Waals surface area contributed by atoms with Gasteiger partial charge in [0.05, 0.1) is 17.3 Å². The molecule has 0 aliphatic heterocycles. The van der Waals surface area contributed by atoms with Crippen LogP contribution in [-0.2, 0) is 6.54 Å². The van der Waals surface area contributed by atoms with Crippen molar-refractivity contribution in [2.45, 2.75) is 33.4 Å².